The van der Waals surface area contributed by atoms with Crippen LogP contribution in [0.3, 0.4) is 0 Å². The van der Waals surface area contributed by atoms with E-state index >= 15 is 0 Å². The summed E-state index contributed by atoms with van der Waals surface area (Å²) in [5.74, 6) is 0. The quantitative estimate of drug-likeness (QED) is 0.348. The molecule has 0 radical (unpaired) electrons. The lowest BCUT2D eigenvalue weighted by atomic mass is 10.2. The molecule has 0 fully saturated rings. The molecule has 0 unspecified atom stereocenters. The minimum atomic E-state index is -3.87. The van der Waals surface area contributed by atoms with Crippen LogP contribution in [0.2, 0.25) is 0 Å². The summed E-state index contributed by atoms with van der Waals surface area (Å²) >= 11 is 0. The van der Waals surface area contributed by atoms with Crippen molar-refractivity contribution >= 4 is 37.5 Å². The van der Waals surface area contributed by atoms with Crippen molar-refractivity contribution in [3.05, 3.63) is 109 Å². The highest BCUT2D eigenvalue weighted by molar-refractivity contribution is 7.92. The smallest absolute Gasteiger partial charge is 0.264 e. The lowest BCUT2D eigenvalue weighted by Crippen LogP contribution is -2.39. The van der Waals surface area contributed by atoms with Crippen molar-refractivity contribution in [1.82, 2.24) is 4.57 Å². The van der Waals surface area contributed by atoms with Crippen LogP contribution in [0.1, 0.15) is 5.56 Å². The molecule has 0 aliphatic rings. The molecule has 5 nitrogen and oxygen atoms in total. The molecule has 1 atom stereocenters. The van der Waals surface area contributed by atoms with Crippen LogP contribution < -0.4 is 4.31 Å². The number of aliphatic hydroxyl groups excluding tert-OH is 1. The Hall–Kier alpha value is -3.61. The number of fused-ring (bicyclic) bond motifs is 3. The standard InChI is InChI=1S/C28H26N2O3S/c1-21-15-17-24(18-16-21)34(32,33)30(22-9-3-2-4-10-22)20-23(31)19-29-27-13-7-5-11-25(27)26-12-6-8-14-28(26)29/h2-18,23,31H,19-20H2,1H3/t23-/m0/s1. The van der Waals surface area contributed by atoms with Crippen molar-refractivity contribution in [2.75, 3.05) is 10.8 Å². The zero-order valence-electron chi connectivity index (χ0n) is 18.9. The van der Waals surface area contributed by atoms with Gasteiger partial charge in [0.2, 0.25) is 0 Å². The highest BCUT2D eigenvalue weighted by Gasteiger charge is 2.27. The van der Waals surface area contributed by atoms with Gasteiger partial charge in [-0.3, -0.25) is 4.31 Å². The number of hydrogen-bond donors (Lipinski definition) is 1. The molecule has 4 aromatic carbocycles. The van der Waals surface area contributed by atoms with Crippen LogP contribution in [0.25, 0.3) is 21.8 Å². The molecule has 0 aliphatic heterocycles. The largest absolute Gasteiger partial charge is 0.389 e. The summed E-state index contributed by atoms with van der Waals surface area (Å²) in [6.45, 7) is 2.11. The van der Waals surface area contributed by atoms with Crippen LogP contribution in [0.15, 0.2) is 108 Å². The van der Waals surface area contributed by atoms with Gasteiger partial charge in [-0.15, -0.1) is 0 Å². The normalized spacial score (nSPS) is 12.8. The number of aliphatic hydroxyl groups is 1. The van der Waals surface area contributed by atoms with Gasteiger partial charge < -0.3 is 9.67 Å². The van der Waals surface area contributed by atoms with Gasteiger partial charge >= 0.3 is 0 Å². The van der Waals surface area contributed by atoms with Crippen molar-refractivity contribution in [3.8, 4) is 0 Å². The molecule has 1 aromatic heterocycles. The van der Waals surface area contributed by atoms with E-state index in [4.69, 9.17) is 0 Å². The number of nitrogens with zero attached hydrogens (tertiary/aromatic N) is 2. The number of benzene rings is 4. The first-order valence-corrected chi connectivity index (χ1v) is 12.7. The zero-order valence-corrected chi connectivity index (χ0v) is 19.7. The lowest BCUT2D eigenvalue weighted by molar-refractivity contribution is 0.166. The second kappa shape index (κ2) is 8.97. The Morgan fingerprint density at radius 3 is 1.88 bits per heavy atom. The van der Waals surface area contributed by atoms with Gasteiger partial charge in [0.1, 0.15) is 0 Å². The summed E-state index contributed by atoms with van der Waals surface area (Å²) in [4.78, 5) is 0.200. The Kier molecular flexibility index (Phi) is 5.86. The molecule has 1 N–H and O–H groups in total. The predicted octanol–water partition coefficient (Wildman–Crippen LogP) is 5.36. The molecule has 0 saturated heterocycles. The van der Waals surface area contributed by atoms with Crippen molar-refractivity contribution < 1.29 is 13.5 Å². The van der Waals surface area contributed by atoms with E-state index in [-0.39, 0.29) is 18.0 Å². The fourth-order valence-corrected chi connectivity index (χ4v) is 5.94. The number of para-hydroxylation sites is 3. The minimum absolute atomic E-state index is 0.0684. The van der Waals surface area contributed by atoms with E-state index in [1.807, 2.05) is 49.4 Å². The fraction of sp³-hybridized carbons (Fsp3) is 0.143. The highest BCUT2D eigenvalue weighted by Crippen LogP contribution is 2.30. The Morgan fingerprint density at radius 2 is 1.29 bits per heavy atom. The zero-order chi connectivity index (χ0) is 23.7. The van der Waals surface area contributed by atoms with E-state index in [2.05, 4.69) is 16.7 Å². The van der Waals surface area contributed by atoms with E-state index in [1.165, 1.54) is 4.31 Å². The number of rotatable bonds is 7. The Morgan fingerprint density at radius 1 is 0.765 bits per heavy atom. The van der Waals surface area contributed by atoms with Gasteiger partial charge in [0, 0.05) is 21.8 Å². The molecule has 0 aliphatic carbocycles. The average molecular weight is 471 g/mol. The molecule has 6 heteroatoms. The van der Waals surface area contributed by atoms with E-state index < -0.39 is 16.1 Å². The third-order valence-electron chi connectivity index (χ3n) is 6.10. The van der Waals surface area contributed by atoms with Crippen molar-refractivity contribution in [3.63, 3.8) is 0 Å². The minimum Gasteiger partial charge on any atom is -0.389 e. The second-order valence-corrected chi connectivity index (χ2v) is 10.3. The van der Waals surface area contributed by atoms with E-state index in [0.29, 0.717) is 5.69 Å². The molecule has 172 valence electrons. The first kappa shape index (κ1) is 22.2. The maximum atomic E-state index is 13.6. The molecular formula is C28H26N2O3S. The fourth-order valence-electron chi connectivity index (χ4n) is 4.43. The van der Waals surface area contributed by atoms with Crippen LogP contribution in [-0.4, -0.2) is 30.7 Å². The predicted molar refractivity (Wildman–Crippen MR) is 138 cm³/mol. The summed E-state index contributed by atoms with van der Waals surface area (Å²) in [6, 6.07) is 31.9. The van der Waals surface area contributed by atoms with Gasteiger partial charge in [-0.2, -0.15) is 0 Å². The average Bonchev–Trinajstić information content (AvgIpc) is 3.17. The van der Waals surface area contributed by atoms with Crippen LogP contribution in [0.4, 0.5) is 5.69 Å². The molecule has 0 spiro atoms. The Balaban J connectivity index is 1.52. The van der Waals surface area contributed by atoms with E-state index in [0.717, 1.165) is 27.4 Å². The van der Waals surface area contributed by atoms with Crippen LogP contribution in [-0.2, 0) is 16.6 Å². The first-order chi connectivity index (χ1) is 16.4. The van der Waals surface area contributed by atoms with Gasteiger partial charge in [-0.05, 0) is 43.3 Å². The van der Waals surface area contributed by atoms with Crippen LogP contribution in [0, 0.1) is 6.92 Å². The molecule has 5 rings (SSSR count). The summed E-state index contributed by atoms with van der Waals surface area (Å²) in [6.07, 6.45) is -0.931. The van der Waals surface area contributed by atoms with Gasteiger partial charge in [0.15, 0.2) is 0 Å². The number of aryl methyl sites for hydroxylation is 1. The Bertz CT molecular complexity index is 1490. The highest BCUT2D eigenvalue weighted by atomic mass is 32.2. The maximum absolute atomic E-state index is 13.6. The number of hydrogen-bond acceptors (Lipinski definition) is 3. The van der Waals surface area contributed by atoms with E-state index in [1.54, 1.807) is 48.5 Å². The van der Waals surface area contributed by atoms with E-state index in [9.17, 15) is 13.5 Å². The lowest BCUT2D eigenvalue weighted by Gasteiger charge is -2.27. The number of aromatic nitrogens is 1. The molecule has 0 bridgehead atoms. The topological polar surface area (TPSA) is 62.5 Å². The third kappa shape index (κ3) is 4.06. The third-order valence-corrected chi connectivity index (χ3v) is 7.91. The SMILES string of the molecule is Cc1ccc(S(=O)(=O)N(C[C@@H](O)Cn2c3ccccc3c3ccccc32)c2ccccc2)cc1. The van der Waals surface area contributed by atoms with Crippen molar-refractivity contribution in [1.29, 1.82) is 0 Å². The molecule has 34 heavy (non-hydrogen) atoms. The molecule has 0 amide bonds. The van der Waals surface area contributed by atoms with Crippen LogP contribution in [0.5, 0.6) is 0 Å². The molecule has 5 aromatic rings. The van der Waals surface area contributed by atoms with Crippen molar-refractivity contribution in [2.45, 2.75) is 24.5 Å². The molecule has 1 heterocycles. The van der Waals surface area contributed by atoms with Gasteiger partial charge in [0.25, 0.3) is 10.0 Å². The summed E-state index contributed by atoms with van der Waals surface area (Å²) in [5.41, 5.74) is 3.52. The second-order valence-electron chi connectivity index (χ2n) is 8.48. The number of sulfonamides is 1. The summed E-state index contributed by atoms with van der Waals surface area (Å²) in [7, 11) is -3.87. The monoisotopic (exact) mass is 470 g/mol. The summed E-state index contributed by atoms with van der Waals surface area (Å²) < 4.78 is 30.6. The molecular weight excluding hydrogens is 444 g/mol. The molecule has 0 saturated carbocycles. The van der Waals surface area contributed by atoms with Gasteiger partial charge in [-0.25, -0.2) is 8.42 Å². The van der Waals surface area contributed by atoms with Crippen LogP contribution >= 0.6 is 0 Å². The van der Waals surface area contributed by atoms with Crippen molar-refractivity contribution in [2.24, 2.45) is 0 Å². The van der Waals surface area contributed by atoms with Gasteiger partial charge in [0.05, 0.1) is 29.8 Å². The maximum Gasteiger partial charge on any atom is 0.264 e. The first-order valence-electron chi connectivity index (χ1n) is 11.2. The summed E-state index contributed by atoms with van der Waals surface area (Å²) in [5, 5.41) is 13.4. The van der Waals surface area contributed by atoms with Gasteiger partial charge in [-0.1, -0.05) is 72.3 Å². The number of anilines is 1. The Labute approximate surface area is 199 Å².